The van der Waals surface area contributed by atoms with Crippen LogP contribution in [-0.4, -0.2) is 31.2 Å². The third-order valence-corrected chi connectivity index (χ3v) is 4.86. The number of benzene rings is 2. The highest BCUT2D eigenvalue weighted by Crippen LogP contribution is 2.30. The third kappa shape index (κ3) is 5.61. The topological polar surface area (TPSA) is 69.7 Å². The first-order valence-corrected chi connectivity index (χ1v) is 10.3. The number of amides is 1. The average Bonchev–Trinajstić information content (AvgIpc) is 3.21. The van der Waals surface area contributed by atoms with Gasteiger partial charge in [0.1, 0.15) is 5.75 Å². The van der Waals surface area contributed by atoms with Crippen LogP contribution in [0.2, 0.25) is 0 Å². The van der Waals surface area contributed by atoms with Crippen molar-refractivity contribution >= 4 is 28.5 Å². The minimum Gasteiger partial charge on any atom is -0.497 e. The van der Waals surface area contributed by atoms with E-state index in [0.29, 0.717) is 16.6 Å². The zero-order chi connectivity index (χ0) is 21.5. The summed E-state index contributed by atoms with van der Waals surface area (Å²) in [6, 6.07) is 13.1. The fourth-order valence-electron chi connectivity index (χ4n) is 2.68. The molecule has 3 aromatic rings. The Balaban J connectivity index is 1.64. The molecule has 1 heterocycles. The number of hydrogen-bond donors (Lipinski definition) is 1. The Morgan fingerprint density at radius 1 is 1.07 bits per heavy atom. The lowest BCUT2D eigenvalue weighted by atomic mass is 10.2. The maximum atomic E-state index is 12.3. The first-order chi connectivity index (χ1) is 14.5. The van der Waals surface area contributed by atoms with Crippen LogP contribution in [0.4, 0.5) is 5.13 Å². The van der Waals surface area contributed by atoms with Crippen LogP contribution in [0.5, 0.6) is 17.2 Å². The van der Waals surface area contributed by atoms with Gasteiger partial charge in [0.25, 0.3) is 0 Å². The van der Waals surface area contributed by atoms with E-state index in [1.807, 2.05) is 61.7 Å². The summed E-state index contributed by atoms with van der Waals surface area (Å²) in [5, 5.41) is 5.23. The second-order valence-electron chi connectivity index (χ2n) is 6.67. The van der Waals surface area contributed by atoms with Gasteiger partial charge in [-0.25, -0.2) is 4.98 Å². The number of carbonyl (C=O) groups is 1. The van der Waals surface area contributed by atoms with Crippen molar-refractivity contribution < 1.29 is 19.0 Å². The van der Waals surface area contributed by atoms with Gasteiger partial charge in [-0.2, -0.15) is 0 Å². The van der Waals surface area contributed by atoms with Crippen LogP contribution in [0, 0.1) is 0 Å². The maximum Gasteiger partial charge on any atom is 0.250 e. The highest BCUT2D eigenvalue weighted by atomic mass is 32.1. The number of nitrogens with one attached hydrogen (secondary N) is 1. The Labute approximate surface area is 180 Å². The molecule has 2 aromatic carbocycles. The Hall–Kier alpha value is -3.32. The molecule has 0 radical (unpaired) electrons. The Bertz CT molecular complexity index is 1030. The van der Waals surface area contributed by atoms with Crippen LogP contribution in [0.1, 0.15) is 19.4 Å². The molecular formula is C23H24N2O4S. The minimum absolute atomic E-state index is 0.0483. The number of rotatable bonds is 8. The zero-order valence-corrected chi connectivity index (χ0v) is 18.2. The van der Waals surface area contributed by atoms with Crippen molar-refractivity contribution in [3.63, 3.8) is 0 Å². The molecule has 1 amide bonds. The van der Waals surface area contributed by atoms with Crippen molar-refractivity contribution in [1.29, 1.82) is 0 Å². The van der Waals surface area contributed by atoms with E-state index in [0.717, 1.165) is 22.6 Å². The van der Waals surface area contributed by atoms with E-state index in [9.17, 15) is 4.79 Å². The van der Waals surface area contributed by atoms with Crippen LogP contribution < -0.4 is 19.5 Å². The first kappa shape index (κ1) is 21.4. The standard InChI is InChI=1S/C23H24N2O4S/c1-15(2)29-20-11-5-16(13-21(20)28-4)6-12-22(26)25-23-24-19(14-30-23)17-7-9-18(27-3)10-8-17/h5-15H,1-4H3,(H,24,25,26)/b12-6+. The molecule has 0 aliphatic rings. The molecule has 7 heteroatoms. The maximum absolute atomic E-state index is 12.3. The van der Waals surface area contributed by atoms with E-state index >= 15 is 0 Å². The Morgan fingerprint density at radius 3 is 2.50 bits per heavy atom. The Kier molecular flexibility index (Phi) is 7.08. The number of ether oxygens (including phenoxy) is 3. The van der Waals surface area contributed by atoms with Gasteiger partial charge in [0.15, 0.2) is 16.6 Å². The van der Waals surface area contributed by atoms with E-state index in [4.69, 9.17) is 14.2 Å². The fraction of sp³-hybridized carbons (Fsp3) is 0.217. The quantitative estimate of drug-likeness (QED) is 0.499. The van der Waals surface area contributed by atoms with Crippen LogP contribution in [-0.2, 0) is 4.79 Å². The lowest BCUT2D eigenvalue weighted by molar-refractivity contribution is -0.111. The SMILES string of the molecule is COc1ccc(-c2csc(NC(=O)/C=C/c3ccc(OC(C)C)c(OC)c3)n2)cc1. The highest BCUT2D eigenvalue weighted by Gasteiger charge is 2.08. The number of nitrogens with zero attached hydrogens (tertiary/aromatic N) is 1. The normalized spacial score (nSPS) is 11.0. The second-order valence-corrected chi connectivity index (χ2v) is 7.52. The smallest absolute Gasteiger partial charge is 0.250 e. The molecule has 6 nitrogen and oxygen atoms in total. The van der Waals surface area contributed by atoms with Crippen molar-refractivity contribution in [2.75, 3.05) is 19.5 Å². The first-order valence-electron chi connectivity index (χ1n) is 9.42. The molecule has 0 fully saturated rings. The molecule has 1 N–H and O–H groups in total. The van der Waals surface area contributed by atoms with Gasteiger partial charge >= 0.3 is 0 Å². The molecule has 1 aromatic heterocycles. The fourth-order valence-corrected chi connectivity index (χ4v) is 3.41. The lowest BCUT2D eigenvalue weighted by Crippen LogP contribution is -2.07. The van der Waals surface area contributed by atoms with Crippen LogP contribution in [0.3, 0.4) is 0 Å². The van der Waals surface area contributed by atoms with E-state index < -0.39 is 0 Å². The predicted molar refractivity (Wildman–Crippen MR) is 121 cm³/mol. The predicted octanol–water partition coefficient (Wildman–Crippen LogP) is 5.27. The molecule has 0 atom stereocenters. The zero-order valence-electron chi connectivity index (χ0n) is 17.3. The second kappa shape index (κ2) is 9.93. The summed E-state index contributed by atoms with van der Waals surface area (Å²) >= 11 is 1.37. The van der Waals surface area contributed by atoms with Gasteiger partial charge in [0.05, 0.1) is 26.0 Å². The summed E-state index contributed by atoms with van der Waals surface area (Å²) in [5.74, 6) is 1.82. The molecule has 0 aliphatic heterocycles. The van der Waals surface area contributed by atoms with E-state index in [1.54, 1.807) is 20.3 Å². The summed E-state index contributed by atoms with van der Waals surface area (Å²) in [7, 11) is 3.22. The van der Waals surface area contributed by atoms with E-state index in [-0.39, 0.29) is 12.0 Å². The van der Waals surface area contributed by atoms with Gasteiger partial charge in [0, 0.05) is 17.0 Å². The molecule has 156 valence electrons. The molecule has 0 aliphatic carbocycles. The van der Waals surface area contributed by atoms with Crippen LogP contribution >= 0.6 is 11.3 Å². The van der Waals surface area contributed by atoms with Crippen molar-refractivity contribution in [3.8, 4) is 28.5 Å². The molecule has 0 bridgehead atoms. The van der Waals surface area contributed by atoms with Gasteiger partial charge in [-0.3, -0.25) is 10.1 Å². The largest absolute Gasteiger partial charge is 0.497 e. The highest BCUT2D eigenvalue weighted by molar-refractivity contribution is 7.14. The van der Waals surface area contributed by atoms with Crippen molar-refractivity contribution in [2.45, 2.75) is 20.0 Å². The van der Waals surface area contributed by atoms with E-state index in [1.165, 1.54) is 17.4 Å². The number of methoxy groups -OCH3 is 2. The number of thiazole rings is 1. The molecule has 3 rings (SSSR count). The summed E-state index contributed by atoms with van der Waals surface area (Å²) in [6.07, 6.45) is 3.23. The summed E-state index contributed by atoms with van der Waals surface area (Å²) in [4.78, 5) is 16.8. The molecule has 0 saturated carbocycles. The minimum atomic E-state index is -0.257. The van der Waals surface area contributed by atoms with Gasteiger partial charge in [-0.1, -0.05) is 6.07 Å². The van der Waals surface area contributed by atoms with Crippen LogP contribution in [0.15, 0.2) is 53.9 Å². The molecule has 0 spiro atoms. The average molecular weight is 425 g/mol. The van der Waals surface area contributed by atoms with Gasteiger partial charge in [0.2, 0.25) is 5.91 Å². The number of anilines is 1. The summed E-state index contributed by atoms with van der Waals surface area (Å²) in [6.45, 7) is 3.91. The summed E-state index contributed by atoms with van der Waals surface area (Å²) < 4.78 is 16.2. The van der Waals surface area contributed by atoms with E-state index in [2.05, 4.69) is 10.3 Å². The van der Waals surface area contributed by atoms with Crippen molar-refractivity contribution in [1.82, 2.24) is 4.98 Å². The lowest BCUT2D eigenvalue weighted by Gasteiger charge is -2.13. The Morgan fingerprint density at radius 2 is 1.83 bits per heavy atom. The van der Waals surface area contributed by atoms with Gasteiger partial charge < -0.3 is 14.2 Å². The molecule has 0 unspecified atom stereocenters. The van der Waals surface area contributed by atoms with Crippen LogP contribution in [0.25, 0.3) is 17.3 Å². The van der Waals surface area contributed by atoms with Crippen molar-refractivity contribution in [3.05, 3.63) is 59.5 Å². The third-order valence-electron chi connectivity index (χ3n) is 4.10. The number of carbonyl (C=O) groups excluding carboxylic acids is 1. The summed E-state index contributed by atoms with van der Waals surface area (Å²) in [5.41, 5.74) is 2.59. The van der Waals surface area contributed by atoms with Gasteiger partial charge in [-0.05, 0) is 61.9 Å². The monoisotopic (exact) mass is 424 g/mol. The van der Waals surface area contributed by atoms with Gasteiger partial charge in [-0.15, -0.1) is 11.3 Å². The molecule has 0 saturated heterocycles. The number of aromatic nitrogens is 1. The molecular weight excluding hydrogens is 400 g/mol. The number of hydrogen-bond acceptors (Lipinski definition) is 6. The molecule has 30 heavy (non-hydrogen) atoms. The van der Waals surface area contributed by atoms with Crippen molar-refractivity contribution in [2.24, 2.45) is 0 Å².